The van der Waals surface area contributed by atoms with Crippen LogP contribution in [0.15, 0.2) is 132 Å². The smallest absolute Gasteiger partial charge is 0.234 e. The van der Waals surface area contributed by atoms with Gasteiger partial charge in [-0.05, 0) is 84.9 Å². The zero-order valence-corrected chi connectivity index (χ0v) is 23.9. The molecule has 2 amide bonds. The van der Waals surface area contributed by atoms with Crippen LogP contribution in [0.4, 0.5) is 11.4 Å². The van der Waals surface area contributed by atoms with Gasteiger partial charge in [-0.1, -0.05) is 41.7 Å². The Kier molecular flexibility index (Phi) is 10.1. The van der Waals surface area contributed by atoms with E-state index in [1.54, 1.807) is 67.0 Å². The summed E-state index contributed by atoms with van der Waals surface area (Å²) in [6.07, 6.45) is 3.40. The average molecular weight is 595 g/mol. The Morgan fingerprint density at radius 1 is 0.548 bits per heavy atom. The molecule has 0 saturated heterocycles. The Morgan fingerprint density at radius 2 is 1.00 bits per heavy atom. The molecule has 10 heteroatoms. The molecule has 2 aromatic heterocycles. The van der Waals surface area contributed by atoms with Crippen LogP contribution < -0.4 is 20.1 Å². The Bertz CT molecular complexity index is 1490. The number of nitrogens with zero attached hydrogens (tertiary/aromatic N) is 2. The lowest BCUT2D eigenvalue weighted by molar-refractivity contribution is -0.114. The molecule has 2 N–H and O–H groups in total. The van der Waals surface area contributed by atoms with Crippen molar-refractivity contribution in [3.05, 3.63) is 122 Å². The third-order valence-corrected chi connectivity index (χ3v) is 7.42. The van der Waals surface area contributed by atoms with E-state index in [-0.39, 0.29) is 23.3 Å². The lowest BCUT2D eigenvalue weighted by Gasteiger charge is -2.11. The quantitative estimate of drug-likeness (QED) is 0.143. The molecule has 210 valence electrons. The Hall–Kier alpha value is -4.80. The molecule has 0 unspecified atom stereocenters. The van der Waals surface area contributed by atoms with Gasteiger partial charge in [0, 0.05) is 29.8 Å². The van der Waals surface area contributed by atoms with Crippen molar-refractivity contribution >= 4 is 46.7 Å². The van der Waals surface area contributed by atoms with Crippen molar-refractivity contribution in [1.29, 1.82) is 0 Å². The summed E-state index contributed by atoms with van der Waals surface area (Å²) in [6.45, 7) is 0. The van der Waals surface area contributed by atoms with Crippen molar-refractivity contribution in [2.45, 2.75) is 10.1 Å². The van der Waals surface area contributed by atoms with Gasteiger partial charge in [-0.3, -0.25) is 9.59 Å². The number of hydrogen-bond donors (Lipinski definition) is 2. The molecule has 0 atom stereocenters. The number of benzene rings is 3. The number of rotatable bonds is 12. The number of amides is 2. The van der Waals surface area contributed by atoms with Gasteiger partial charge in [0.2, 0.25) is 11.8 Å². The summed E-state index contributed by atoms with van der Waals surface area (Å²) >= 11 is 2.76. The Morgan fingerprint density at radius 3 is 1.40 bits per heavy atom. The van der Waals surface area contributed by atoms with Crippen LogP contribution in [-0.4, -0.2) is 33.3 Å². The minimum absolute atomic E-state index is 0.112. The minimum atomic E-state index is -0.112. The van der Waals surface area contributed by atoms with Gasteiger partial charge >= 0.3 is 0 Å². The van der Waals surface area contributed by atoms with Crippen LogP contribution in [0.2, 0.25) is 0 Å². The number of ether oxygens (including phenoxy) is 2. The van der Waals surface area contributed by atoms with Crippen molar-refractivity contribution in [2.24, 2.45) is 0 Å². The molecule has 8 nitrogen and oxygen atoms in total. The van der Waals surface area contributed by atoms with Crippen molar-refractivity contribution in [3.8, 4) is 23.0 Å². The summed E-state index contributed by atoms with van der Waals surface area (Å²) in [4.78, 5) is 32.9. The molecule has 42 heavy (non-hydrogen) atoms. The van der Waals surface area contributed by atoms with Gasteiger partial charge in [0.1, 0.15) is 23.0 Å². The predicted octanol–water partition coefficient (Wildman–Crippen LogP) is 7.52. The second-order valence-corrected chi connectivity index (χ2v) is 10.7. The van der Waals surface area contributed by atoms with Crippen LogP contribution in [-0.2, 0) is 9.59 Å². The Labute approximate surface area is 251 Å². The normalized spacial score (nSPS) is 10.5. The van der Waals surface area contributed by atoms with E-state index in [4.69, 9.17) is 9.47 Å². The van der Waals surface area contributed by atoms with Crippen LogP contribution in [0.1, 0.15) is 0 Å². The highest BCUT2D eigenvalue weighted by molar-refractivity contribution is 8.00. The molecule has 0 spiro atoms. The lowest BCUT2D eigenvalue weighted by Crippen LogP contribution is -2.13. The highest BCUT2D eigenvalue weighted by atomic mass is 32.2. The fourth-order valence-electron chi connectivity index (χ4n) is 3.62. The molecule has 3 aromatic carbocycles. The number of aromatic nitrogens is 2. The number of thioether (sulfide) groups is 2. The van der Waals surface area contributed by atoms with E-state index in [0.29, 0.717) is 34.4 Å². The second-order valence-electron chi connectivity index (χ2n) is 8.74. The number of anilines is 2. The summed E-state index contributed by atoms with van der Waals surface area (Å²) in [5.74, 6) is 2.76. The number of nitrogens with one attached hydrogen (secondary N) is 2. The molecule has 0 aliphatic heterocycles. The third kappa shape index (κ3) is 9.12. The van der Waals surface area contributed by atoms with Crippen LogP contribution >= 0.6 is 23.5 Å². The highest BCUT2D eigenvalue weighted by Crippen LogP contribution is 2.29. The average Bonchev–Trinajstić information content (AvgIpc) is 3.02. The summed E-state index contributed by atoms with van der Waals surface area (Å²) in [5, 5.41) is 7.36. The van der Waals surface area contributed by atoms with E-state index in [2.05, 4.69) is 20.6 Å². The van der Waals surface area contributed by atoms with Gasteiger partial charge in [-0.15, -0.1) is 0 Å². The first-order valence-electron chi connectivity index (χ1n) is 12.9. The summed E-state index contributed by atoms with van der Waals surface area (Å²) in [6, 6.07) is 32.8. The van der Waals surface area contributed by atoms with Crippen LogP contribution in [0.25, 0.3) is 0 Å². The maximum Gasteiger partial charge on any atom is 0.234 e. The fraction of sp³-hybridized carbons (Fsp3) is 0.0625. The van der Waals surface area contributed by atoms with Crippen molar-refractivity contribution in [3.63, 3.8) is 0 Å². The number of carbonyl (C=O) groups excluding carboxylic acids is 2. The molecular formula is C32H26N4O4S2. The highest BCUT2D eigenvalue weighted by Gasteiger charge is 2.07. The van der Waals surface area contributed by atoms with Gasteiger partial charge in [-0.2, -0.15) is 0 Å². The van der Waals surface area contributed by atoms with Crippen molar-refractivity contribution in [1.82, 2.24) is 9.97 Å². The zero-order chi connectivity index (χ0) is 29.0. The number of hydrogen-bond acceptors (Lipinski definition) is 8. The second kappa shape index (κ2) is 14.7. The van der Waals surface area contributed by atoms with Crippen molar-refractivity contribution < 1.29 is 19.1 Å². The first kappa shape index (κ1) is 28.7. The van der Waals surface area contributed by atoms with Crippen LogP contribution in [0, 0.1) is 0 Å². The van der Waals surface area contributed by atoms with E-state index < -0.39 is 0 Å². The minimum Gasteiger partial charge on any atom is -0.457 e. The number of carbonyl (C=O) groups is 2. The number of pyridine rings is 2. The lowest BCUT2D eigenvalue weighted by atomic mass is 10.2. The first-order valence-corrected chi connectivity index (χ1v) is 14.9. The monoisotopic (exact) mass is 594 g/mol. The fourth-order valence-corrected chi connectivity index (χ4v) is 4.95. The maximum absolute atomic E-state index is 12.3. The molecule has 0 bridgehead atoms. The maximum atomic E-state index is 12.3. The Balaban J connectivity index is 1.09. The van der Waals surface area contributed by atoms with E-state index in [9.17, 15) is 9.59 Å². The molecule has 0 aliphatic carbocycles. The molecule has 0 saturated carbocycles. The predicted molar refractivity (Wildman–Crippen MR) is 167 cm³/mol. The van der Waals surface area contributed by atoms with Gasteiger partial charge in [-0.25, -0.2) is 9.97 Å². The van der Waals surface area contributed by atoms with Gasteiger partial charge in [0.05, 0.1) is 21.6 Å². The largest absolute Gasteiger partial charge is 0.457 e. The summed E-state index contributed by atoms with van der Waals surface area (Å²) < 4.78 is 12.0. The van der Waals surface area contributed by atoms with Crippen molar-refractivity contribution in [2.75, 3.05) is 22.1 Å². The summed E-state index contributed by atoms with van der Waals surface area (Å²) in [7, 11) is 0. The molecule has 0 aliphatic rings. The van der Waals surface area contributed by atoms with Crippen LogP contribution in [0.5, 0.6) is 23.0 Å². The molecule has 5 rings (SSSR count). The molecule has 2 heterocycles. The summed E-state index contributed by atoms with van der Waals surface area (Å²) in [5.41, 5.74) is 1.36. The zero-order valence-electron chi connectivity index (χ0n) is 22.3. The molecule has 5 aromatic rings. The van der Waals surface area contributed by atoms with E-state index in [0.717, 1.165) is 10.1 Å². The first-order chi connectivity index (χ1) is 20.6. The molecular weight excluding hydrogens is 569 g/mol. The molecule has 0 fully saturated rings. The van der Waals surface area contributed by atoms with Gasteiger partial charge in [0.15, 0.2) is 0 Å². The van der Waals surface area contributed by atoms with Gasteiger partial charge in [0.25, 0.3) is 0 Å². The van der Waals surface area contributed by atoms with Gasteiger partial charge < -0.3 is 20.1 Å². The van der Waals surface area contributed by atoms with E-state index in [1.165, 1.54) is 23.5 Å². The SMILES string of the molecule is O=C(CSc1ccccn1)Nc1ccc(Oc2cccc(Oc3ccc(NC(=O)CSc4ccccn4)cc3)c2)cc1. The standard InChI is InChI=1S/C32H26N4O4S2/c37-29(21-41-31-8-1-3-18-33-31)35-23-10-14-25(15-11-23)39-27-6-5-7-28(20-27)40-26-16-12-24(13-17-26)36-30(38)22-42-32-9-2-4-19-34-32/h1-20H,21-22H2,(H,35,37)(H,36,38). The van der Waals surface area contributed by atoms with E-state index >= 15 is 0 Å². The molecule has 0 radical (unpaired) electrons. The topological polar surface area (TPSA) is 102 Å². The van der Waals surface area contributed by atoms with Crippen LogP contribution in [0.3, 0.4) is 0 Å². The van der Waals surface area contributed by atoms with E-state index in [1.807, 2.05) is 54.6 Å². The third-order valence-electron chi connectivity index (χ3n) is 5.53.